The van der Waals surface area contributed by atoms with E-state index in [9.17, 15) is 14.7 Å². The average Bonchev–Trinajstić information content (AvgIpc) is 2.84. The van der Waals surface area contributed by atoms with Crippen molar-refractivity contribution in [2.75, 3.05) is 32.1 Å². The highest BCUT2D eigenvalue weighted by molar-refractivity contribution is 6.68. The third-order valence-electron chi connectivity index (χ3n) is 6.12. The fourth-order valence-corrected chi connectivity index (χ4v) is 4.21. The number of amides is 1. The van der Waals surface area contributed by atoms with E-state index in [1.807, 2.05) is 30.3 Å². The van der Waals surface area contributed by atoms with Gasteiger partial charge in [-0.3, -0.25) is 9.59 Å². The predicted molar refractivity (Wildman–Crippen MR) is 134 cm³/mol. The number of benzene rings is 3. The molecule has 4 rings (SSSR count). The molecule has 0 spiro atoms. The number of ether oxygens (including phenoxy) is 1. The zero-order chi connectivity index (χ0) is 24.1. The summed E-state index contributed by atoms with van der Waals surface area (Å²) in [7, 11) is 2.11. The molecule has 1 amide bonds. The number of rotatable bonds is 7. The first-order valence-electron chi connectivity index (χ1n) is 11.3. The molecule has 6 nitrogen and oxygen atoms in total. The minimum atomic E-state index is -0.686. The molecule has 3 aromatic carbocycles. The minimum absolute atomic E-state index is 0.0546. The fraction of sp³-hybridized carbons (Fsp3) is 0.259. The minimum Gasteiger partial charge on any atom is -0.507 e. The van der Waals surface area contributed by atoms with Crippen LogP contribution in [0, 0.1) is 5.92 Å². The van der Waals surface area contributed by atoms with E-state index < -0.39 is 11.1 Å². The molecule has 34 heavy (non-hydrogen) atoms. The van der Waals surface area contributed by atoms with Crippen molar-refractivity contribution >= 4 is 28.4 Å². The molecule has 1 heterocycles. The van der Waals surface area contributed by atoms with Crippen LogP contribution in [0.2, 0.25) is 0 Å². The number of phenols is 1. The number of anilines is 1. The number of piperidine rings is 1. The number of aromatic hydroxyl groups is 1. The second-order valence-corrected chi connectivity index (χ2v) is 8.93. The molecule has 1 aliphatic heterocycles. The van der Waals surface area contributed by atoms with E-state index >= 15 is 0 Å². The van der Waals surface area contributed by atoms with Crippen LogP contribution in [0.25, 0.3) is 11.1 Å². The summed E-state index contributed by atoms with van der Waals surface area (Å²) in [5.74, 6) is 0.225. The summed E-state index contributed by atoms with van der Waals surface area (Å²) in [6.07, 6.45) is 2.13. The third-order valence-corrected chi connectivity index (χ3v) is 6.33. The lowest BCUT2D eigenvalue weighted by Gasteiger charge is -2.28. The highest BCUT2D eigenvalue weighted by Crippen LogP contribution is 2.29. The van der Waals surface area contributed by atoms with Gasteiger partial charge in [-0.15, -0.1) is 0 Å². The molecule has 1 saturated heterocycles. The summed E-state index contributed by atoms with van der Waals surface area (Å²) in [5, 5.41) is 12.4. The van der Waals surface area contributed by atoms with E-state index in [1.54, 1.807) is 24.3 Å². The standard InChI is InChI=1S/C27H27ClN2O4/c1-30-13-11-18(12-14-30)17-34-21-8-10-25(31)23(16-21)27(33)29-24-15-20(7-9-22(24)26(28)32)19-5-3-2-4-6-19/h2-10,15-16,18,31H,11-14,17H2,1H3,(H,29,33). The maximum absolute atomic E-state index is 13.1. The number of hydrogen-bond donors (Lipinski definition) is 2. The molecule has 3 aromatic rings. The highest BCUT2D eigenvalue weighted by atomic mass is 35.5. The van der Waals surface area contributed by atoms with Crippen LogP contribution in [0.3, 0.4) is 0 Å². The number of phenolic OH excluding ortho intramolecular Hbond substituents is 1. The van der Waals surface area contributed by atoms with Crippen molar-refractivity contribution < 1.29 is 19.4 Å². The number of hydrogen-bond acceptors (Lipinski definition) is 5. The van der Waals surface area contributed by atoms with Crippen LogP contribution in [0.15, 0.2) is 66.7 Å². The van der Waals surface area contributed by atoms with Gasteiger partial charge in [-0.2, -0.15) is 0 Å². The molecular weight excluding hydrogens is 452 g/mol. The SMILES string of the molecule is CN1CCC(COc2ccc(O)c(C(=O)Nc3cc(-c4ccccc4)ccc3C(=O)Cl)c2)CC1. The van der Waals surface area contributed by atoms with Crippen LogP contribution in [-0.4, -0.2) is 47.9 Å². The molecule has 0 unspecified atom stereocenters. The quantitative estimate of drug-likeness (QED) is 0.444. The number of halogens is 1. The maximum atomic E-state index is 13.1. The second-order valence-electron chi connectivity index (χ2n) is 8.59. The Bertz CT molecular complexity index is 1170. The summed E-state index contributed by atoms with van der Waals surface area (Å²) in [6.45, 7) is 2.64. The van der Waals surface area contributed by atoms with Gasteiger partial charge in [-0.25, -0.2) is 0 Å². The summed E-state index contributed by atoms with van der Waals surface area (Å²) in [4.78, 5) is 27.3. The largest absolute Gasteiger partial charge is 0.507 e. The van der Waals surface area contributed by atoms with Crippen molar-refractivity contribution in [1.82, 2.24) is 4.90 Å². The van der Waals surface area contributed by atoms with E-state index in [4.69, 9.17) is 16.3 Å². The normalized spacial score (nSPS) is 14.5. The van der Waals surface area contributed by atoms with Crippen molar-refractivity contribution in [3.63, 3.8) is 0 Å². The van der Waals surface area contributed by atoms with Crippen LogP contribution >= 0.6 is 11.6 Å². The maximum Gasteiger partial charge on any atom is 0.259 e. The lowest BCUT2D eigenvalue weighted by molar-refractivity contribution is 0.102. The Kier molecular flexibility index (Phi) is 7.50. The van der Waals surface area contributed by atoms with Crippen molar-refractivity contribution in [3.05, 3.63) is 77.9 Å². The van der Waals surface area contributed by atoms with Crippen LogP contribution in [0.4, 0.5) is 5.69 Å². The van der Waals surface area contributed by atoms with E-state index in [-0.39, 0.29) is 22.6 Å². The molecule has 1 aliphatic rings. The average molecular weight is 479 g/mol. The van der Waals surface area contributed by atoms with Gasteiger partial charge in [-0.05, 0) is 92.0 Å². The lowest BCUT2D eigenvalue weighted by Crippen LogP contribution is -2.32. The molecule has 0 atom stereocenters. The Labute approximate surface area is 204 Å². The summed E-state index contributed by atoms with van der Waals surface area (Å²) in [6, 6.07) is 19.2. The molecule has 176 valence electrons. The Morgan fingerprint density at radius 1 is 1.00 bits per heavy atom. The topological polar surface area (TPSA) is 78.9 Å². The molecular formula is C27H27ClN2O4. The monoisotopic (exact) mass is 478 g/mol. The number of likely N-dealkylation sites (tertiary alicyclic amines) is 1. The molecule has 1 fully saturated rings. The Morgan fingerprint density at radius 3 is 2.44 bits per heavy atom. The van der Waals surface area contributed by atoms with Crippen LogP contribution < -0.4 is 10.1 Å². The highest BCUT2D eigenvalue weighted by Gasteiger charge is 2.20. The van der Waals surface area contributed by atoms with Crippen molar-refractivity contribution in [1.29, 1.82) is 0 Å². The Hall–Kier alpha value is -3.35. The van der Waals surface area contributed by atoms with Crippen molar-refractivity contribution in [3.8, 4) is 22.6 Å². The second kappa shape index (κ2) is 10.7. The zero-order valence-corrected chi connectivity index (χ0v) is 19.7. The third kappa shape index (κ3) is 5.76. The van der Waals surface area contributed by atoms with Gasteiger partial charge in [-0.1, -0.05) is 36.4 Å². The smallest absolute Gasteiger partial charge is 0.259 e. The molecule has 0 saturated carbocycles. The Morgan fingerprint density at radius 2 is 1.74 bits per heavy atom. The summed E-state index contributed by atoms with van der Waals surface area (Å²) >= 11 is 5.75. The lowest BCUT2D eigenvalue weighted by atomic mass is 9.98. The fourth-order valence-electron chi connectivity index (χ4n) is 4.05. The summed E-state index contributed by atoms with van der Waals surface area (Å²) < 4.78 is 5.93. The van der Waals surface area contributed by atoms with Gasteiger partial charge in [0.05, 0.1) is 23.4 Å². The van der Waals surface area contributed by atoms with Gasteiger partial charge in [0.15, 0.2) is 0 Å². The first-order chi connectivity index (χ1) is 16.4. The molecule has 0 bridgehead atoms. The predicted octanol–water partition coefficient (Wildman–Crippen LogP) is 5.41. The van der Waals surface area contributed by atoms with Gasteiger partial charge >= 0.3 is 0 Å². The molecule has 7 heteroatoms. The molecule has 0 aromatic heterocycles. The van der Waals surface area contributed by atoms with Crippen molar-refractivity contribution in [2.45, 2.75) is 12.8 Å². The molecule has 2 N–H and O–H groups in total. The zero-order valence-electron chi connectivity index (χ0n) is 19.0. The van der Waals surface area contributed by atoms with Crippen LogP contribution in [-0.2, 0) is 0 Å². The van der Waals surface area contributed by atoms with Gasteiger partial charge in [0.1, 0.15) is 11.5 Å². The van der Waals surface area contributed by atoms with Gasteiger partial charge in [0.25, 0.3) is 11.1 Å². The molecule has 0 aliphatic carbocycles. The number of carbonyl (C=O) groups is 2. The van der Waals surface area contributed by atoms with Crippen LogP contribution in [0.1, 0.15) is 33.6 Å². The first kappa shape index (κ1) is 23.8. The van der Waals surface area contributed by atoms with E-state index in [2.05, 4.69) is 17.3 Å². The van der Waals surface area contributed by atoms with E-state index in [1.165, 1.54) is 12.1 Å². The van der Waals surface area contributed by atoms with Gasteiger partial charge < -0.3 is 20.1 Å². The Balaban J connectivity index is 1.52. The molecule has 0 radical (unpaired) electrons. The van der Waals surface area contributed by atoms with E-state index in [0.29, 0.717) is 18.3 Å². The number of nitrogens with zero attached hydrogens (tertiary/aromatic N) is 1. The van der Waals surface area contributed by atoms with Gasteiger partial charge in [0.2, 0.25) is 0 Å². The van der Waals surface area contributed by atoms with Crippen LogP contribution in [0.5, 0.6) is 11.5 Å². The first-order valence-corrected chi connectivity index (χ1v) is 11.6. The van der Waals surface area contributed by atoms with Crippen molar-refractivity contribution in [2.24, 2.45) is 5.92 Å². The summed E-state index contributed by atoms with van der Waals surface area (Å²) in [5.41, 5.74) is 2.24. The van der Waals surface area contributed by atoms with Gasteiger partial charge in [0, 0.05) is 0 Å². The number of nitrogens with one attached hydrogen (secondary N) is 1. The number of carbonyl (C=O) groups excluding carboxylic acids is 2. The van der Waals surface area contributed by atoms with E-state index in [0.717, 1.165) is 37.1 Å².